The molecule has 2 rings (SSSR count). The molecule has 8 heteroatoms. The third-order valence-corrected chi connectivity index (χ3v) is 4.38. The summed E-state index contributed by atoms with van der Waals surface area (Å²) in [6.45, 7) is 5.88. The van der Waals surface area contributed by atoms with Gasteiger partial charge in [0, 0.05) is 12.1 Å². The number of benzene rings is 1. The summed E-state index contributed by atoms with van der Waals surface area (Å²) >= 11 is 0. The predicted molar refractivity (Wildman–Crippen MR) is 93.7 cm³/mol. The minimum Gasteiger partial charge on any atom is -0.460 e. The molecule has 1 N–H and O–H groups in total. The molecule has 1 aromatic carbocycles. The summed E-state index contributed by atoms with van der Waals surface area (Å²) < 4.78 is 43.6. The number of esters is 1. The Bertz CT molecular complexity index is 651. The number of hydrogen-bond acceptors (Lipinski definition) is 4. The Labute approximate surface area is 151 Å². The van der Waals surface area contributed by atoms with E-state index in [0.29, 0.717) is 0 Å². The molecule has 5 nitrogen and oxygen atoms in total. The van der Waals surface area contributed by atoms with Gasteiger partial charge in [0.15, 0.2) is 0 Å². The lowest BCUT2D eigenvalue weighted by Gasteiger charge is -2.40. The van der Waals surface area contributed by atoms with Crippen LogP contribution in [0, 0.1) is 0 Å². The fourth-order valence-electron chi connectivity index (χ4n) is 3.13. The number of nitrogens with zero attached hydrogens (tertiary/aromatic N) is 2. The minimum atomic E-state index is -4.44. The molecule has 0 aromatic heterocycles. The maximum atomic E-state index is 12.8. The minimum absolute atomic E-state index is 0.0870. The molecule has 0 aliphatic carbocycles. The first-order chi connectivity index (χ1) is 12.2. The summed E-state index contributed by atoms with van der Waals surface area (Å²) in [4.78, 5) is 14.2. The predicted octanol–water partition coefficient (Wildman–Crippen LogP) is 4.26. The number of hydrogen-bond donors (Lipinski definition) is 1. The molecule has 26 heavy (non-hydrogen) atoms. The molecule has 0 bridgehead atoms. The second kappa shape index (κ2) is 8.42. The first kappa shape index (κ1) is 20.1. The number of nitrogens with one attached hydrogen (secondary N) is 1. The summed E-state index contributed by atoms with van der Waals surface area (Å²) in [5.74, 6) is -0.503. The van der Waals surface area contributed by atoms with Crippen molar-refractivity contribution in [3.63, 3.8) is 0 Å². The van der Waals surface area contributed by atoms with Gasteiger partial charge in [0.05, 0.1) is 17.9 Å². The molecule has 1 fully saturated rings. The highest BCUT2D eigenvalue weighted by Crippen LogP contribution is 2.30. The van der Waals surface area contributed by atoms with Crippen LogP contribution in [0.25, 0.3) is 0 Å². The first-order valence-corrected chi connectivity index (χ1v) is 8.70. The molecule has 0 radical (unpaired) electrons. The van der Waals surface area contributed by atoms with E-state index in [0.717, 1.165) is 31.4 Å². The van der Waals surface area contributed by atoms with Gasteiger partial charge in [-0.25, -0.2) is 4.79 Å². The SMILES string of the molecule is CCOC(=O)/C(=N\Nc1cccc(C(F)(F)F)c1)N1[C@H](C)CCC[C@@H]1C. The van der Waals surface area contributed by atoms with Crippen molar-refractivity contribution in [1.82, 2.24) is 4.90 Å². The standard InChI is InChI=1S/C18H24F3N3O2/c1-4-26-17(25)16(24-12(2)7-5-8-13(24)3)23-22-15-10-6-9-14(11-15)18(19,20)21/h6,9-13,22H,4-5,7-8H2,1-3H3/b23-16+/t12-,13+. The van der Waals surface area contributed by atoms with Crippen LogP contribution in [-0.4, -0.2) is 35.4 Å². The zero-order valence-corrected chi connectivity index (χ0v) is 15.1. The summed E-state index contributed by atoms with van der Waals surface area (Å²) in [5, 5.41) is 4.11. The molecule has 144 valence electrons. The van der Waals surface area contributed by atoms with Gasteiger partial charge in [-0.2, -0.15) is 13.2 Å². The molecule has 0 spiro atoms. The number of amidine groups is 1. The fourth-order valence-corrected chi connectivity index (χ4v) is 3.13. The highest BCUT2D eigenvalue weighted by molar-refractivity contribution is 6.35. The van der Waals surface area contributed by atoms with Crippen LogP contribution in [0.3, 0.4) is 0 Å². The van der Waals surface area contributed by atoms with Gasteiger partial charge in [-0.3, -0.25) is 5.43 Å². The molecule has 1 aliphatic heterocycles. The quantitative estimate of drug-likeness (QED) is 0.373. The van der Waals surface area contributed by atoms with Gasteiger partial charge in [0.1, 0.15) is 0 Å². The fraction of sp³-hybridized carbons (Fsp3) is 0.556. The van der Waals surface area contributed by atoms with Crippen molar-refractivity contribution in [2.45, 2.75) is 58.3 Å². The first-order valence-electron chi connectivity index (χ1n) is 8.70. The van der Waals surface area contributed by atoms with E-state index in [-0.39, 0.29) is 30.2 Å². The van der Waals surface area contributed by atoms with Gasteiger partial charge < -0.3 is 9.64 Å². The number of hydrazone groups is 1. The molecule has 2 atom stereocenters. The molecular formula is C18H24F3N3O2. The van der Waals surface area contributed by atoms with Crippen LogP contribution in [-0.2, 0) is 15.7 Å². The average Bonchev–Trinajstić information content (AvgIpc) is 2.57. The maximum absolute atomic E-state index is 12.8. The monoisotopic (exact) mass is 371 g/mol. The van der Waals surface area contributed by atoms with E-state index in [4.69, 9.17) is 4.74 Å². The largest absolute Gasteiger partial charge is 0.460 e. The summed E-state index contributed by atoms with van der Waals surface area (Å²) in [6.07, 6.45) is -1.57. The Morgan fingerprint density at radius 2 is 1.96 bits per heavy atom. The van der Waals surface area contributed by atoms with E-state index >= 15 is 0 Å². The number of ether oxygens (including phenoxy) is 1. The average molecular weight is 371 g/mol. The number of alkyl halides is 3. The number of piperidine rings is 1. The Morgan fingerprint density at radius 3 is 2.54 bits per heavy atom. The van der Waals surface area contributed by atoms with Crippen LogP contribution >= 0.6 is 0 Å². The number of anilines is 1. The van der Waals surface area contributed by atoms with Crippen LogP contribution in [0.1, 0.15) is 45.6 Å². The second-order valence-electron chi connectivity index (χ2n) is 6.38. The van der Waals surface area contributed by atoms with Gasteiger partial charge in [0.25, 0.3) is 0 Å². The van der Waals surface area contributed by atoms with Gasteiger partial charge >= 0.3 is 12.1 Å². The van der Waals surface area contributed by atoms with E-state index < -0.39 is 17.7 Å². The van der Waals surface area contributed by atoms with Crippen molar-refractivity contribution in [2.24, 2.45) is 5.10 Å². The molecular weight excluding hydrogens is 347 g/mol. The molecule has 0 saturated carbocycles. The summed E-state index contributed by atoms with van der Waals surface area (Å²) in [6, 6.07) is 4.86. The van der Waals surface area contributed by atoms with E-state index in [1.807, 2.05) is 18.7 Å². The Kier molecular flexibility index (Phi) is 6.50. The van der Waals surface area contributed by atoms with E-state index in [1.165, 1.54) is 12.1 Å². The van der Waals surface area contributed by atoms with Gasteiger partial charge in [-0.1, -0.05) is 6.07 Å². The highest BCUT2D eigenvalue weighted by Gasteiger charge is 2.33. The van der Waals surface area contributed by atoms with E-state index in [1.54, 1.807) is 6.92 Å². The molecule has 1 heterocycles. The zero-order chi connectivity index (χ0) is 19.3. The number of carbonyl (C=O) groups is 1. The summed E-state index contributed by atoms with van der Waals surface area (Å²) in [7, 11) is 0. The van der Waals surface area contributed by atoms with Crippen molar-refractivity contribution in [3.05, 3.63) is 29.8 Å². The van der Waals surface area contributed by atoms with Gasteiger partial charge in [0.2, 0.25) is 5.84 Å². The van der Waals surface area contributed by atoms with Crippen LogP contribution in [0.4, 0.5) is 18.9 Å². The topological polar surface area (TPSA) is 53.9 Å². The van der Waals surface area contributed by atoms with Crippen LogP contribution < -0.4 is 5.43 Å². The lowest BCUT2D eigenvalue weighted by molar-refractivity contribution is -0.138. The van der Waals surface area contributed by atoms with Crippen molar-refractivity contribution < 1.29 is 22.7 Å². The molecule has 1 aromatic rings. The number of likely N-dealkylation sites (tertiary alicyclic amines) is 1. The van der Waals surface area contributed by atoms with Crippen LogP contribution in [0.5, 0.6) is 0 Å². The Balaban J connectivity index is 2.29. The van der Waals surface area contributed by atoms with Crippen molar-refractivity contribution in [3.8, 4) is 0 Å². The number of halogens is 3. The van der Waals surface area contributed by atoms with Crippen LogP contribution in [0.2, 0.25) is 0 Å². The third-order valence-electron chi connectivity index (χ3n) is 4.38. The van der Waals surface area contributed by atoms with E-state index in [2.05, 4.69) is 10.5 Å². The smallest absolute Gasteiger partial charge is 0.416 e. The third kappa shape index (κ3) is 4.89. The lowest BCUT2D eigenvalue weighted by Crippen LogP contribution is -2.51. The Morgan fingerprint density at radius 1 is 1.31 bits per heavy atom. The van der Waals surface area contributed by atoms with Gasteiger partial charge in [-0.05, 0) is 58.2 Å². The molecule has 0 unspecified atom stereocenters. The Hall–Kier alpha value is -2.25. The summed E-state index contributed by atoms with van der Waals surface area (Å²) in [5.41, 5.74) is 1.95. The van der Waals surface area contributed by atoms with E-state index in [9.17, 15) is 18.0 Å². The highest BCUT2D eigenvalue weighted by atomic mass is 19.4. The van der Waals surface area contributed by atoms with Crippen molar-refractivity contribution in [2.75, 3.05) is 12.0 Å². The van der Waals surface area contributed by atoms with Gasteiger partial charge in [-0.15, -0.1) is 5.10 Å². The number of carbonyl (C=O) groups excluding carboxylic acids is 1. The molecule has 0 amide bonds. The zero-order valence-electron chi connectivity index (χ0n) is 15.1. The van der Waals surface area contributed by atoms with Crippen LogP contribution in [0.15, 0.2) is 29.4 Å². The normalized spacial score (nSPS) is 21.5. The molecule has 1 saturated heterocycles. The van der Waals surface area contributed by atoms with Crippen molar-refractivity contribution in [1.29, 1.82) is 0 Å². The maximum Gasteiger partial charge on any atom is 0.416 e. The second-order valence-corrected chi connectivity index (χ2v) is 6.38. The lowest BCUT2D eigenvalue weighted by atomic mass is 9.97. The molecule has 1 aliphatic rings. The number of rotatable bonds is 3. The van der Waals surface area contributed by atoms with Crippen molar-refractivity contribution >= 4 is 17.5 Å².